The smallest absolute Gasteiger partial charge is 0.257 e. The molecule has 2 aromatic rings. The molecule has 2 N–H and O–H groups in total. The van der Waals surface area contributed by atoms with Crippen LogP contribution in [0, 0.1) is 13.8 Å². The van der Waals surface area contributed by atoms with E-state index in [-0.39, 0.29) is 24.8 Å². The van der Waals surface area contributed by atoms with Gasteiger partial charge in [0.2, 0.25) is 5.91 Å². The molecule has 0 aliphatic carbocycles. The summed E-state index contributed by atoms with van der Waals surface area (Å²) in [5, 5.41) is 5.47. The predicted molar refractivity (Wildman–Crippen MR) is 105 cm³/mol. The third-order valence-corrected chi connectivity index (χ3v) is 3.85. The largest absolute Gasteiger partial charge is 0.493 e. The van der Waals surface area contributed by atoms with Gasteiger partial charge in [-0.05, 0) is 44.0 Å². The van der Waals surface area contributed by atoms with Crippen molar-refractivity contribution in [3.8, 4) is 11.5 Å². The Morgan fingerprint density at radius 1 is 0.963 bits per heavy atom. The third kappa shape index (κ3) is 6.66. The molecular weight excluding hydrogens is 344 g/mol. The first-order valence-electron chi connectivity index (χ1n) is 8.98. The molecule has 0 fully saturated rings. The van der Waals surface area contributed by atoms with Gasteiger partial charge in [-0.2, -0.15) is 0 Å². The number of aryl methyl sites for hydroxylation is 2. The van der Waals surface area contributed by atoms with Gasteiger partial charge in [0.25, 0.3) is 5.91 Å². The highest BCUT2D eigenvalue weighted by Gasteiger charge is 2.07. The quantitative estimate of drug-likeness (QED) is 0.711. The Labute approximate surface area is 159 Å². The summed E-state index contributed by atoms with van der Waals surface area (Å²) in [6.45, 7) is 6.60. The molecule has 144 valence electrons. The predicted octanol–water partition coefficient (Wildman–Crippen LogP) is 3.23. The maximum absolute atomic E-state index is 12.1. The molecule has 0 unspecified atom stereocenters. The first-order valence-corrected chi connectivity index (χ1v) is 8.98. The average molecular weight is 370 g/mol. The Morgan fingerprint density at radius 2 is 1.67 bits per heavy atom. The van der Waals surface area contributed by atoms with Gasteiger partial charge in [-0.15, -0.1) is 0 Å². The number of para-hydroxylation sites is 1. The van der Waals surface area contributed by atoms with E-state index in [4.69, 9.17) is 9.47 Å². The Hall–Kier alpha value is -3.02. The summed E-state index contributed by atoms with van der Waals surface area (Å²) in [5.41, 5.74) is 2.71. The lowest BCUT2D eigenvalue weighted by atomic mass is 10.1. The second-order valence-electron chi connectivity index (χ2n) is 6.14. The topological polar surface area (TPSA) is 76.7 Å². The molecule has 0 saturated heterocycles. The van der Waals surface area contributed by atoms with Crippen LogP contribution < -0.4 is 20.1 Å². The van der Waals surface area contributed by atoms with Crippen molar-refractivity contribution in [3.05, 3.63) is 53.6 Å². The van der Waals surface area contributed by atoms with E-state index in [0.717, 1.165) is 16.9 Å². The fourth-order valence-corrected chi connectivity index (χ4v) is 2.56. The van der Waals surface area contributed by atoms with E-state index in [1.54, 1.807) is 24.3 Å². The SMILES string of the molecule is CCNC(=O)COc1cccc(NC(=O)CCOc2c(C)cccc2C)c1. The molecule has 6 heteroatoms. The van der Waals surface area contributed by atoms with Gasteiger partial charge in [-0.1, -0.05) is 24.3 Å². The van der Waals surface area contributed by atoms with E-state index in [0.29, 0.717) is 24.6 Å². The summed E-state index contributed by atoms with van der Waals surface area (Å²) < 4.78 is 11.2. The van der Waals surface area contributed by atoms with Crippen molar-refractivity contribution < 1.29 is 19.1 Å². The van der Waals surface area contributed by atoms with Crippen molar-refractivity contribution in [2.24, 2.45) is 0 Å². The van der Waals surface area contributed by atoms with E-state index in [1.807, 2.05) is 39.0 Å². The Bertz CT molecular complexity index is 769. The first-order chi connectivity index (χ1) is 13.0. The van der Waals surface area contributed by atoms with Gasteiger partial charge < -0.3 is 20.1 Å². The van der Waals surface area contributed by atoms with Crippen molar-refractivity contribution in [3.63, 3.8) is 0 Å². The number of hydrogen-bond donors (Lipinski definition) is 2. The minimum Gasteiger partial charge on any atom is -0.493 e. The lowest BCUT2D eigenvalue weighted by molar-refractivity contribution is -0.123. The minimum atomic E-state index is -0.185. The number of rotatable bonds is 9. The number of likely N-dealkylation sites (N-methyl/N-ethyl adjacent to an activating group) is 1. The zero-order valence-corrected chi connectivity index (χ0v) is 16.0. The number of carbonyl (C=O) groups is 2. The molecule has 2 aromatic carbocycles. The van der Waals surface area contributed by atoms with E-state index in [1.165, 1.54) is 0 Å². The third-order valence-electron chi connectivity index (χ3n) is 3.85. The molecule has 2 amide bonds. The van der Waals surface area contributed by atoms with Crippen LogP contribution in [-0.2, 0) is 9.59 Å². The Morgan fingerprint density at radius 3 is 2.37 bits per heavy atom. The summed E-state index contributed by atoms with van der Waals surface area (Å²) in [6, 6.07) is 12.9. The number of ether oxygens (including phenoxy) is 2. The molecule has 0 radical (unpaired) electrons. The second-order valence-corrected chi connectivity index (χ2v) is 6.14. The molecule has 0 spiro atoms. The first kappa shape index (κ1) is 20.3. The molecule has 0 bridgehead atoms. The monoisotopic (exact) mass is 370 g/mol. The lowest BCUT2D eigenvalue weighted by Gasteiger charge is -2.12. The van der Waals surface area contributed by atoms with Crippen LogP contribution >= 0.6 is 0 Å². The molecule has 0 aromatic heterocycles. The van der Waals surface area contributed by atoms with E-state index < -0.39 is 0 Å². The fraction of sp³-hybridized carbons (Fsp3) is 0.333. The van der Waals surface area contributed by atoms with Crippen LogP contribution in [0.1, 0.15) is 24.5 Å². The second kappa shape index (κ2) is 10.2. The van der Waals surface area contributed by atoms with E-state index in [2.05, 4.69) is 10.6 Å². The number of hydrogen-bond acceptors (Lipinski definition) is 4. The molecule has 0 saturated carbocycles. The molecule has 27 heavy (non-hydrogen) atoms. The van der Waals surface area contributed by atoms with Crippen LogP contribution in [0.4, 0.5) is 5.69 Å². The summed E-state index contributed by atoms with van der Waals surface area (Å²) in [5.74, 6) is 1.01. The molecule has 0 atom stereocenters. The molecule has 0 aliphatic heterocycles. The van der Waals surface area contributed by atoms with Crippen molar-refractivity contribution >= 4 is 17.5 Å². The van der Waals surface area contributed by atoms with Gasteiger partial charge in [0.05, 0.1) is 13.0 Å². The standard InChI is InChI=1S/C21H26N2O4/c1-4-22-20(25)14-27-18-10-6-9-17(13-18)23-19(24)11-12-26-21-15(2)7-5-8-16(21)3/h5-10,13H,4,11-12,14H2,1-3H3,(H,22,25)(H,23,24). The highest BCUT2D eigenvalue weighted by molar-refractivity contribution is 5.91. The van der Waals surface area contributed by atoms with Crippen LogP contribution in [0.2, 0.25) is 0 Å². The molecular formula is C21H26N2O4. The molecule has 0 heterocycles. The number of anilines is 1. The molecule has 2 rings (SSSR count). The van der Waals surface area contributed by atoms with E-state index >= 15 is 0 Å². The van der Waals surface area contributed by atoms with Crippen LogP contribution in [0.3, 0.4) is 0 Å². The zero-order chi connectivity index (χ0) is 19.6. The fourth-order valence-electron chi connectivity index (χ4n) is 2.56. The van der Waals surface area contributed by atoms with Gasteiger partial charge in [0.15, 0.2) is 6.61 Å². The van der Waals surface area contributed by atoms with Crippen molar-refractivity contribution in [1.29, 1.82) is 0 Å². The van der Waals surface area contributed by atoms with Crippen molar-refractivity contribution in [2.45, 2.75) is 27.2 Å². The van der Waals surface area contributed by atoms with Crippen LogP contribution in [0.5, 0.6) is 11.5 Å². The lowest BCUT2D eigenvalue weighted by Crippen LogP contribution is -2.28. The van der Waals surface area contributed by atoms with Crippen LogP contribution in [-0.4, -0.2) is 31.6 Å². The number of nitrogens with one attached hydrogen (secondary N) is 2. The minimum absolute atomic E-state index is 0.0607. The normalized spacial score (nSPS) is 10.2. The van der Waals surface area contributed by atoms with Gasteiger partial charge in [-0.3, -0.25) is 9.59 Å². The summed E-state index contributed by atoms with van der Waals surface area (Å²) in [6.07, 6.45) is 0.234. The van der Waals surface area contributed by atoms with Crippen LogP contribution in [0.25, 0.3) is 0 Å². The van der Waals surface area contributed by atoms with Gasteiger partial charge in [-0.25, -0.2) is 0 Å². The van der Waals surface area contributed by atoms with Crippen molar-refractivity contribution in [2.75, 3.05) is 25.1 Å². The summed E-state index contributed by atoms with van der Waals surface area (Å²) in [4.78, 5) is 23.6. The number of benzene rings is 2. The Balaban J connectivity index is 1.81. The van der Waals surface area contributed by atoms with E-state index in [9.17, 15) is 9.59 Å². The zero-order valence-electron chi connectivity index (χ0n) is 16.0. The highest BCUT2D eigenvalue weighted by atomic mass is 16.5. The van der Waals surface area contributed by atoms with Crippen molar-refractivity contribution in [1.82, 2.24) is 5.32 Å². The number of amides is 2. The van der Waals surface area contributed by atoms with Gasteiger partial charge >= 0.3 is 0 Å². The molecule has 0 aliphatic rings. The number of carbonyl (C=O) groups excluding carboxylic acids is 2. The highest BCUT2D eigenvalue weighted by Crippen LogP contribution is 2.22. The maximum Gasteiger partial charge on any atom is 0.257 e. The maximum atomic E-state index is 12.1. The Kier molecular flexibility index (Phi) is 7.67. The van der Waals surface area contributed by atoms with Crippen LogP contribution in [0.15, 0.2) is 42.5 Å². The summed E-state index contributed by atoms with van der Waals surface area (Å²) in [7, 11) is 0. The summed E-state index contributed by atoms with van der Waals surface area (Å²) >= 11 is 0. The van der Waals surface area contributed by atoms with Gasteiger partial charge in [0.1, 0.15) is 11.5 Å². The average Bonchev–Trinajstić information content (AvgIpc) is 2.63. The molecule has 6 nitrogen and oxygen atoms in total. The van der Waals surface area contributed by atoms with Gasteiger partial charge in [0, 0.05) is 18.3 Å².